The lowest BCUT2D eigenvalue weighted by atomic mass is 10.1. The number of carbonyl (C=O) groups excluding carboxylic acids is 2. The van der Waals surface area contributed by atoms with Gasteiger partial charge in [-0.25, -0.2) is 13.6 Å². The van der Waals surface area contributed by atoms with Crippen LogP contribution in [0.15, 0.2) is 70.2 Å². The van der Waals surface area contributed by atoms with Crippen molar-refractivity contribution in [1.29, 1.82) is 0 Å². The van der Waals surface area contributed by atoms with Gasteiger partial charge in [0.25, 0.3) is 11.8 Å². The third-order valence-corrected chi connectivity index (χ3v) is 5.24. The summed E-state index contributed by atoms with van der Waals surface area (Å²) in [5.41, 5.74) is 1.31. The van der Waals surface area contributed by atoms with Gasteiger partial charge in [0.15, 0.2) is 12.4 Å². The number of nitrogens with two attached hydrogens (primary N) is 1. The topological polar surface area (TPSA) is 141 Å². The lowest BCUT2D eigenvalue weighted by Gasteiger charge is -2.11. The van der Waals surface area contributed by atoms with Crippen molar-refractivity contribution in [3.63, 3.8) is 0 Å². The minimum Gasteiger partial charge on any atom is -0.484 e. The normalized spacial score (nSPS) is 11.0. The Hall–Kier alpha value is -3.63. The average Bonchev–Trinajstić information content (AvgIpc) is 3.27. The molecule has 0 saturated heterocycles. The summed E-state index contributed by atoms with van der Waals surface area (Å²) in [4.78, 5) is 24.2. The Bertz CT molecular complexity index is 1190. The number of rotatable bonds is 8. The Morgan fingerprint density at radius 2 is 1.81 bits per heavy atom. The van der Waals surface area contributed by atoms with Gasteiger partial charge in [0, 0.05) is 17.4 Å². The maximum atomic E-state index is 12.2. The largest absolute Gasteiger partial charge is 0.484 e. The van der Waals surface area contributed by atoms with Gasteiger partial charge in [0.2, 0.25) is 10.0 Å². The van der Waals surface area contributed by atoms with E-state index in [1.54, 1.807) is 49.4 Å². The number of hydrogen-bond donors (Lipinski definition) is 3. The highest BCUT2D eigenvalue weighted by molar-refractivity contribution is 7.89. The Kier molecular flexibility index (Phi) is 6.73. The van der Waals surface area contributed by atoms with Crippen molar-refractivity contribution in [3.05, 3.63) is 72.2 Å². The Morgan fingerprint density at radius 1 is 1.03 bits per heavy atom. The number of benzene rings is 2. The van der Waals surface area contributed by atoms with E-state index >= 15 is 0 Å². The molecule has 0 aliphatic rings. The predicted molar refractivity (Wildman–Crippen MR) is 114 cm³/mol. The number of ether oxygens (including phenoxy) is 1. The molecule has 31 heavy (non-hydrogen) atoms. The highest BCUT2D eigenvalue weighted by atomic mass is 32.2. The third-order valence-electron chi connectivity index (χ3n) is 4.25. The summed E-state index contributed by atoms with van der Waals surface area (Å²) < 4.78 is 34.0. The first kappa shape index (κ1) is 22.1. The van der Waals surface area contributed by atoms with Gasteiger partial charge >= 0.3 is 0 Å². The molecule has 162 valence electrons. The molecule has 2 aromatic carbocycles. The van der Waals surface area contributed by atoms with Crippen LogP contribution in [0.4, 0.5) is 11.4 Å². The van der Waals surface area contributed by atoms with E-state index in [1.807, 2.05) is 0 Å². The second-order valence-corrected chi connectivity index (χ2v) is 8.05. The fourth-order valence-electron chi connectivity index (χ4n) is 2.80. The molecule has 2 amide bonds. The minimum atomic E-state index is -3.91. The lowest BCUT2D eigenvalue weighted by Crippen LogP contribution is -2.21. The third kappa shape index (κ3) is 5.93. The van der Waals surface area contributed by atoms with Gasteiger partial charge in [-0.3, -0.25) is 9.59 Å². The van der Waals surface area contributed by atoms with Crippen molar-refractivity contribution in [2.45, 2.75) is 18.2 Å². The van der Waals surface area contributed by atoms with Crippen LogP contribution in [-0.4, -0.2) is 26.8 Å². The van der Waals surface area contributed by atoms with Crippen LogP contribution in [0.3, 0.4) is 0 Å². The van der Waals surface area contributed by atoms with Crippen molar-refractivity contribution in [1.82, 2.24) is 0 Å². The van der Waals surface area contributed by atoms with Crippen LogP contribution >= 0.6 is 0 Å². The van der Waals surface area contributed by atoms with E-state index in [-0.39, 0.29) is 22.9 Å². The number of carbonyl (C=O) groups is 2. The predicted octanol–water partition coefficient (Wildman–Crippen LogP) is 2.76. The summed E-state index contributed by atoms with van der Waals surface area (Å²) in [6, 6.07) is 14.2. The number of sulfonamides is 1. The smallest absolute Gasteiger partial charge is 0.291 e. The van der Waals surface area contributed by atoms with Crippen LogP contribution in [0.25, 0.3) is 0 Å². The Balaban J connectivity index is 1.61. The number of aryl methyl sites for hydroxylation is 1. The van der Waals surface area contributed by atoms with Crippen molar-refractivity contribution in [2.75, 3.05) is 17.2 Å². The van der Waals surface area contributed by atoms with Crippen LogP contribution in [-0.2, 0) is 21.2 Å². The fraction of sp³-hybridized carbons (Fsp3) is 0.143. The van der Waals surface area contributed by atoms with Gasteiger partial charge in [-0.15, -0.1) is 0 Å². The van der Waals surface area contributed by atoms with Crippen LogP contribution < -0.4 is 20.5 Å². The van der Waals surface area contributed by atoms with E-state index < -0.39 is 21.8 Å². The molecule has 0 bridgehead atoms. The van der Waals surface area contributed by atoms with Gasteiger partial charge < -0.3 is 19.8 Å². The first-order valence-corrected chi connectivity index (χ1v) is 10.8. The maximum Gasteiger partial charge on any atom is 0.291 e. The van der Waals surface area contributed by atoms with Crippen molar-refractivity contribution >= 4 is 33.2 Å². The zero-order chi connectivity index (χ0) is 22.4. The van der Waals surface area contributed by atoms with Crippen LogP contribution in [0.1, 0.15) is 23.0 Å². The number of amides is 2. The van der Waals surface area contributed by atoms with Gasteiger partial charge in [-0.05, 0) is 48.4 Å². The number of furan rings is 1. The average molecular weight is 443 g/mol. The Morgan fingerprint density at radius 3 is 2.48 bits per heavy atom. The van der Waals surface area contributed by atoms with E-state index in [9.17, 15) is 18.0 Å². The van der Waals surface area contributed by atoms with Crippen LogP contribution in [0, 0.1) is 0 Å². The van der Waals surface area contributed by atoms with Gasteiger partial charge in [-0.2, -0.15) is 0 Å². The number of nitrogens with one attached hydrogen (secondary N) is 2. The molecule has 0 unspecified atom stereocenters. The second kappa shape index (κ2) is 9.45. The summed E-state index contributed by atoms with van der Waals surface area (Å²) in [5.74, 6) is -0.381. The standard InChI is InChI=1S/C21H21N3O6S/c1-2-14-8-9-16(12-19(14)31(22,27)28)23-20(25)13-30-17-6-3-5-15(11-17)24-21(26)18-7-4-10-29-18/h3-12H,2,13H2,1H3,(H,23,25)(H,24,26)(H2,22,27,28). The second-order valence-electron chi connectivity index (χ2n) is 6.52. The van der Waals surface area contributed by atoms with Gasteiger partial charge in [0.1, 0.15) is 5.75 Å². The molecule has 4 N–H and O–H groups in total. The zero-order valence-electron chi connectivity index (χ0n) is 16.6. The van der Waals surface area contributed by atoms with Gasteiger partial charge in [-0.1, -0.05) is 19.1 Å². The summed E-state index contributed by atoms with van der Waals surface area (Å²) in [6.07, 6.45) is 1.88. The molecule has 10 heteroatoms. The molecule has 9 nitrogen and oxygen atoms in total. The maximum absolute atomic E-state index is 12.2. The summed E-state index contributed by atoms with van der Waals surface area (Å²) in [6.45, 7) is 1.48. The zero-order valence-corrected chi connectivity index (χ0v) is 17.4. The van der Waals surface area contributed by atoms with E-state index in [0.717, 1.165) is 0 Å². The molecule has 1 heterocycles. The molecule has 0 aliphatic heterocycles. The SMILES string of the molecule is CCc1ccc(NC(=O)COc2cccc(NC(=O)c3ccco3)c2)cc1S(N)(=O)=O. The molecule has 0 fully saturated rings. The molecule has 0 atom stereocenters. The van der Waals surface area contributed by atoms with Crippen LogP contribution in [0.2, 0.25) is 0 Å². The van der Waals surface area contributed by atoms with E-state index in [0.29, 0.717) is 23.4 Å². The van der Waals surface area contributed by atoms with Crippen molar-refractivity contribution in [3.8, 4) is 5.75 Å². The lowest BCUT2D eigenvalue weighted by molar-refractivity contribution is -0.118. The van der Waals surface area contributed by atoms with Crippen LogP contribution in [0.5, 0.6) is 5.75 Å². The Labute approximate surface area is 179 Å². The number of primary sulfonamides is 1. The van der Waals surface area contributed by atoms with E-state index in [4.69, 9.17) is 14.3 Å². The van der Waals surface area contributed by atoms with Gasteiger partial charge in [0.05, 0.1) is 11.2 Å². The van der Waals surface area contributed by atoms with E-state index in [1.165, 1.54) is 18.4 Å². The molecular weight excluding hydrogens is 422 g/mol. The van der Waals surface area contributed by atoms with E-state index in [2.05, 4.69) is 10.6 Å². The molecular formula is C21H21N3O6S. The monoisotopic (exact) mass is 443 g/mol. The highest BCUT2D eigenvalue weighted by Crippen LogP contribution is 2.21. The molecule has 3 aromatic rings. The molecule has 0 aliphatic carbocycles. The highest BCUT2D eigenvalue weighted by Gasteiger charge is 2.15. The summed E-state index contributed by atoms with van der Waals surface area (Å²) in [5, 5.41) is 10.5. The summed E-state index contributed by atoms with van der Waals surface area (Å²) in [7, 11) is -3.91. The molecule has 0 saturated carbocycles. The summed E-state index contributed by atoms with van der Waals surface area (Å²) >= 11 is 0. The molecule has 0 radical (unpaired) electrons. The van der Waals surface area contributed by atoms with Crippen molar-refractivity contribution in [2.24, 2.45) is 5.14 Å². The molecule has 1 aromatic heterocycles. The van der Waals surface area contributed by atoms with Crippen molar-refractivity contribution < 1.29 is 27.2 Å². The first-order chi connectivity index (χ1) is 14.8. The fourth-order valence-corrected chi connectivity index (χ4v) is 3.67. The first-order valence-electron chi connectivity index (χ1n) is 9.29. The number of anilines is 2. The molecule has 0 spiro atoms. The number of hydrogen-bond acceptors (Lipinski definition) is 6. The minimum absolute atomic E-state index is 0.0336. The molecule has 3 rings (SSSR count). The quantitative estimate of drug-likeness (QED) is 0.489.